The molecule has 0 radical (unpaired) electrons. The number of rotatable bonds is 5. The standard InChI is InChI=1S/C40H27N3/c1-4-12-28(13-5-1)33-25-34(29-14-6-2-7-15-29)27-35(26-33)39-42-38-37(32-21-20-30-16-10-11-17-31(30)24-32)22-23-41-40(38)43(39)36-18-8-3-9-19-36/h1-27H. The first kappa shape index (κ1) is 25.0. The van der Waals surface area contributed by atoms with Gasteiger partial charge in [0.2, 0.25) is 0 Å². The highest BCUT2D eigenvalue weighted by molar-refractivity contribution is 5.97. The minimum atomic E-state index is 0.832. The molecular formula is C40H27N3. The Bertz CT molecular complexity index is 2160. The smallest absolute Gasteiger partial charge is 0.165 e. The van der Waals surface area contributed by atoms with Gasteiger partial charge in [-0.15, -0.1) is 0 Å². The predicted octanol–water partition coefficient (Wildman–Crippen LogP) is 10.2. The Morgan fingerprint density at radius 1 is 0.419 bits per heavy atom. The molecular weight excluding hydrogens is 522 g/mol. The molecule has 2 aromatic heterocycles. The van der Waals surface area contributed by atoms with E-state index in [1.165, 1.54) is 21.9 Å². The summed E-state index contributed by atoms with van der Waals surface area (Å²) in [6.07, 6.45) is 1.90. The van der Waals surface area contributed by atoms with Crippen LogP contribution in [-0.2, 0) is 0 Å². The van der Waals surface area contributed by atoms with Gasteiger partial charge >= 0.3 is 0 Å². The van der Waals surface area contributed by atoms with Gasteiger partial charge in [0.05, 0.1) is 0 Å². The second kappa shape index (κ2) is 10.6. The van der Waals surface area contributed by atoms with E-state index < -0.39 is 0 Å². The van der Waals surface area contributed by atoms with Crippen LogP contribution in [0.2, 0.25) is 0 Å². The highest BCUT2D eigenvalue weighted by Gasteiger charge is 2.20. The monoisotopic (exact) mass is 549 g/mol. The molecule has 3 nitrogen and oxygen atoms in total. The van der Waals surface area contributed by atoms with E-state index in [0.29, 0.717) is 0 Å². The lowest BCUT2D eigenvalue weighted by atomic mass is 9.96. The normalized spacial score (nSPS) is 11.3. The van der Waals surface area contributed by atoms with Crippen molar-refractivity contribution in [2.24, 2.45) is 0 Å². The molecule has 0 unspecified atom stereocenters. The van der Waals surface area contributed by atoms with Gasteiger partial charge in [0.1, 0.15) is 11.3 Å². The Balaban J connectivity index is 1.41. The summed E-state index contributed by atoms with van der Waals surface area (Å²) in [4.78, 5) is 10.3. The Labute approximate surface area is 250 Å². The van der Waals surface area contributed by atoms with Crippen molar-refractivity contribution in [2.45, 2.75) is 0 Å². The van der Waals surface area contributed by atoms with Crippen LogP contribution in [0.1, 0.15) is 0 Å². The maximum Gasteiger partial charge on any atom is 0.165 e. The summed E-state index contributed by atoms with van der Waals surface area (Å²) in [5, 5.41) is 2.42. The minimum absolute atomic E-state index is 0.832. The van der Waals surface area contributed by atoms with Crippen LogP contribution in [0.3, 0.4) is 0 Å². The maximum absolute atomic E-state index is 5.39. The first-order valence-electron chi connectivity index (χ1n) is 14.5. The van der Waals surface area contributed by atoms with Crippen LogP contribution < -0.4 is 0 Å². The van der Waals surface area contributed by atoms with E-state index in [1.54, 1.807) is 0 Å². The van der Waals surface area contributed by atoms with Crippen LogP contribution in [-0.4, -0.2) is 14.5 Å². The van der Waals surface area contributed by atoms with E-state index in [9.17, 15) is 0 Å². The first-order valence-corrected chi connectivity index (χ1v) is 14.5. The molecule has 0 aliphatic carbocycles. The summed E-state index contributed by atoms with van der Waals surface area (Å²) in [5.41, 5.74) is 10.6. The molecule has 0 spiro atoms. The minimum Gasteiger partial charge on any atom is -0.277 e. The lowest BCUT2D eigenvalue weighted by Gasteiger charge is -2.13. The Morgan fingerprint density at radius 3 is 1.67 bits per heavy atom. The Morgan fingerprint density at radius 2 is 1.00 bits per heavy atom. The third-order valence-corrected chi connectivity index (χ3v) is 8.03. The molecule has 3 heteroatoms. The molecule has 0 saturated carbocycles. The van der Waals surface area contributed by atoms with Crippen molar-refractivity contribution in [1.29, 1.82) is 0 Å². The van der Waals surface area contributed by atoms with Crippen molar-refractivity contribution in [3.8, 4) is 50.5 Å². The molecule has 0 amide bonds. The number of para-hydroxylation sites is 1. The van der Waals surface area contributed by atoms with E-state index in [2.05, 4.69) is 156 Å². The molecule has 0 bridgehead atoms. The number of nitrogens with zero attached hydrogens (tertiary/aromatic N) is 3. The zero-order valence-corrected chi connectivity index (χ0v) is 23.4. The van der Waals surface area contributed by atoms with E-state index in [4.69, 9.17) is 9.97 Å². The summed E-state index contributed by atoms with van der Waals surface area (Å²) < 4.78 is 2.19. The van der Waals surface area contributed by atoms with Crippen LogP contribution in [0, 0.1) is 0 Å². The van der Waals surface area contributed by atoms with Gasteiger partial charge in [-0.25, -0.2) is 9.97 Å². The fourth-order valence-corrected chi connectivity index (χ4v) is 5.93. The highest BCUT2D eigenvalue weighted by atomic mass is 15.1. The molecule has 43 heavy (non-hydrogen) atoms. The van der Waals surface area contributed by atoms with Gasteiger partial charge in [0, 0.05) is 23.0 Å². The summed E-state index contributed by atoms with van der Waals surface area (Å²) >= 11 is 0. The number of aromatic nitrogens is 3. The lowest BCUT2D eigenvalue weighted by Crippen LogP contribution is -1.99. The fourth-order valence-electron chi connectivity index (χ4n) is 5.93. The zero-order valence-electron chi connectivity index (χ0n) is 23.4. The average Bonchev–Trinajstić information content (AvgIpc) is 3.49. The molecule has 0 aliphatic heterocycles. The van der Waals surface area contributed by atoms with Crippen molar-refractivity contribution in [2.75, 3.05) is 0 Å². The number of hydrogen-bond donors (Lipinski definition) is 0. The van der Waals surface area contributed by atoms with Crippen molar-refractivity contribution in [1.82, 2.24) is 14.5 Å². The largest absolute Gasteiger partial charge is 0.277 e. The molecule has 0 saturated heterocycles. The van der Waals surface area contributed by atoms with Crippen LogP contribution >= 0.6 is 0 Å². The number of benzene rings is 6. The molecule has 8 aromatic rings. The zero-order chi connectivity index (χ0) is 28.6. The van der Waals surface area contributed by atoms with Crippen molar-refractivity contribution in [3.63, 3.8) is 0 Å². The number of imidazole rings is 1. The van der Waals surface area contributed by atoms with Crippen LogP contribution in [0.4, 0.5) is 0 Å². The molecule has 0 fully saturated rings. The Kier molecular flexibility index (Phi) is 6.12. The number of hydrogen-bond acceptors (Lipinski definition) is 2. The van der Waals surface area contributed by atoms with Gasteiger partial charge in [0.25, 0.3) is 0 Å². The summed E-state index contributed by atoms with van der Waals surface area (Å²) in [6, 6.07) is 55.4. The fraction of sp³-hybridized carbons (Fsp3) is 0. The Hall–Kier alpha value is -5.80. The summed E-state index contributed by atoms with van der Waals surface area (Å²) in [6.45, 7) is 0. The van der Waals surface area contributed by atoms with Gasteiger partial charge in [-0.2, -0.15) is 0 Å². The van der Waals surface area contributed by atoms with E-state index in [0.717, 1.165) is 50.5 Å². The third kappa shape index (κ3) is 4.58. The SMILES string of the molecule is c1ccc(-c2cc(-c3ccccc3)cc(-c3nc4c(-c5ccc6ccccc6c5)ccnc4n3-c3ccccc3)c2)cc1. The van der Waals surface area contributed by atoms with Gasteiger partial charge in [-0.05, 0) is 81.1 Å². The molecule has 0 atom stereocenters. The van der Waals surface area contributed by atoms with E-state index in [1.807, 2.05) is 12.3 Å². The van der Waals surface area contributed by atoms with Crippen molar-refractivity contribution in [3.05, 3.63) is 164 Å². The van der Waals surface area contributed by atoms with Gasteiger partial charge in [0.15, 0.2) is 5.65 Å². The first-order chi connectivity index (χ1) is 21.3. The number of pyridine rings is 1. The summed E-state index contributed by atoms with van der Waals surface area (Å²) in [5.74, 6) is 0.858. The second-order valence-electron chi connectivity index (χ2n) is 10.7. The number of fused-ring (bicyclic) bond motifs is 2. The molecule has 0 aliphatic rings. The molecule has 202 valence electrons. The molecule has 8 rings (SSSR count). The van der Waals surface area contributed by atoms with E-state index in [-0.39, 0.29) is 0 Å². The van der Waals surface area contributed by atoms with Gasteiger partial charge in [-0.3, -0.25) is 4.57 Å². The van der Waals surface area contributed by atoms with Gasteiger partial charge < -0.3 is 0 Å². The molecule has 0 N–H and O–H groups in total. The maximum atomic E-state index is 5.39. The van der Waals surface area contributed by atoms with Crippen molar-refractivity contribution >= 4 is 21.9 Å². The average molecular weight is 550 g/mol. The molecule has 6 aromatic carbocycles. The van der Waals surface area contributed by atoms with Crippen LogP contribution in [0.15, 0.2) is 164 Å². The van der Waals surface area contributed by atoms with E-state index >= 15 is 0 Å². The van der Waals surface area contributed by atoms with Crippen molar-refractivity contribution < 1.29 is 0 Å². The topological polar surface area (TPSA) is 30.7 Å². The van der Waals surface area contributed by atoms with Gasteiger partial charge in [-0.1, -0.05) is 115 Å². The lowest BCUT2D eigenvalue weighted by molar-refractivity contribution is 1.08. The highest BCUT2D eigenvalue weighted by Crippen LogP contribution is 2.37. The van der Waals surface area contributed by atoms with Crippen LogP contribution in [0.5, 0.6) is 0 Å². The van der Waals surface area contributed by atoms with Crippen LogP contribution in [0.25, 0.3) is 72.4 Å². The quantitative estimate of drug-likeness (QED) is 0.214. The molecule has 2 heterocycles. The second-order valence-corrected chi connectivity index (χ2v) is 10.7. The summed E-state index contributed by atoms with van der Waals surface area (Å²) in [7, 11) is 0. The predicted molar refractivity (Wildman–Crippen MR) is 178 cm³/mol. The third-order valence-electron chi connectivity index (χ3n) is 8.03.